The van der Waals surface area contributed by atoms with Gasteiger partial charge < -0.3 is 9.47 Å². The molecule has 6 nitrogen and oxygen atoms in total. The predicted octanol–water partition coefficient (Wildman–Crippen LogP) is 3.18. The number of nitrogens with zero attached hydrogens (tertiary/aromatic N) is 2. The first-order valence-electron chi connectivity index (χ1n) is 5.07. The van der Waals surface area contributed by atoms with Crippen LogP contribution in [0, 0.1) is 0 Å². The highest BCUT2D eigenvalue weighted by Crippen LogP contribution is 2.09. The lowest BCUT2D eigenvalue weighted by molar-refractivity contribution is 0.154. The topological polar surface area (TPSA) is 77.3 Å². The van der Waals surface area contributed by atoms with Gasteiger partial charge in [0.2, 0.25) is 0 Å². The number of amides is 2. The fourth-order valence-electron chi connectivity index (χ4n) is 0.910. The molecule has 2 amide bonds. The predicted molar refractivity (Wildman–Crippen MR) is 59.0 cm³/mol. The Balaban J connectivity index is 2.39. The van der Waals surface area contributed by atoms with Crippen LogP contribution < -0.4 is 4.74 Å². The lowest BCUT2D eigenvalue weighted by Gasteiger charge is -1.98. The van der Waals surface area contributed by atoms with Crippen LogP contribution in [0.3, 0.4) is 0 Å². The number of hydrogen-bond donors (Lipinski definition) is 0. The van der Waals surface area contributed by atoms with E-state index in [2.05, 4.69) is 15.0 Å². The molecule has 17 heavy (non-hydrogen) atoms. The van der Waals surface area contributed by atoms with E-state index in [4.69, 9.17) is 4.74 Å². The maximum Gasteiger partial charge on any atom is 0.458 e. The molecule has 0 aliphatic rings. The Bertz CT molecular complexity index is 403. The molecule has 0 fully saturated rings. The van der Waals surface area contributed by atoms with E-state index in [9.17, 15) is 9.59 Å². The van der Waals surface area contributed by atoms with Gasteiger partial charge in [-0.25, -0.2) is 9.59 Å². The molecule has 0 atom stereocenters. The summed E-state index contributed by atoms with van der Waals surface area (Å²) in [4.78, 5) is 22.0. The van der Waals surface area contributed by atoms with E-state index < -0.39 is 12.2 Å². The van der Waals surface area contributed by atoms with Crippen LogP contribution in [0.5, 0.6) is 5.75 Å². The summed E-state index contributed by atoms with van der Waals surface area (Å²) in [5, 5.41) is 6.11. The summed E-state index contributed by atoms with van der Waals surface area (Å²) in [6.45, 7) is 2.08. The van der Waals surface area contributed by atoms with E-state index in [-0.39, 0.29) is 6.61 Å². The molecule has 90 valence electrons. The van der Waals surface area contributed by atoms with Gasteiger partial charge in [-0.15, -0.1) is 0 Å². The first-order chi connectivity index (χ1) is 8.22. The second-order valence-electron chi connectivity index (χ2n) is 3.00. The minimum atomic E-state index is -0.968. The molecule has 0 unspecified atom stereocenters. The van der Waals surface area contributed by atoms with Crippen molar-refractivity contribution in [3.63, 3.8) is 0 Å². The molecule has 0 aliphatic carbocycles. The lowest BCUT2D eigenvalue weighted by Crippen LogP contribution is -2.04. The molecule has 1 rings (SSSR count). The Kier molecular flexibility index (Phi) is 5.36. The zero-order chi connectivity index (χ0) is 12.5. The molecular weight excluding hydrogens is 224 g/mol. The van der Waals surface area contributed by atoms with Gasteiger partial charge in [0.05, 0.1) is 6.61 Å². The van der Waals surface area contributed by atoms with Crippen molar-refractivity contribution < 1.29 is 19.1 Å². The van der Waals surface area contributed by atoms with Gasteiger partial charge in [-0.1, -0.05) is 35.4 Å². The minimum absolute atomic E-state index is 0.242. The third-order valence-corrected chi connectivity index (χ3v) is 1.59. The standard InChI is InChI=1S/C11H12N2O4/c1-2-8-16-10(14)12-13-11(15)17-9-6-4-3-5-7-9/h3-7H,2,8H2,1H3. The highest BCUT2D eigenvalue weighted by Gasteiger charge is 2.04. The summed E-state index contributed by atoms with van der Waals surface area (Å²) in [6.07, 6.45) is -1.20. The average Bonchev–Trinajstić information content (AvgIpc) is 2.35. The smallest absolute Gasteiger partial charge is 0.447 e. The fourth-order valence-corrected chi connectivity index (χ4v) is 0.910. The van der Waals surface area contributed by atoms with Crippen LogP contribution in [0.1, 0.15) is 13.3 Å². The maximum atomic E-state index is 11.1. The molecular formula is C11H12N2O4. The zero-order valence-corrected chi connectivity index (χ0v) is 9.33. The van der Waals surface area contributed by atoms with Crippen LogP contribution in [0.25, 0.3) is 0 Å². The SMILES string of the molecule is CCCOC(=O)N=NC(=O)Oc1ccccc1. The molecule has 0 bridgehead atoms. The van der Waals surface area contributed by atoms with Crippen molar-refractivity contribution in [3.8, 4) is 5.75 Å². The van der Waals surface area contributed by atoms with Crippen molar-refractivity contribution in [3.05, 3.63) is 30.3 Å². The second kappa shape index (κ2) is 7.10. The molecule has 1 aromatic carbocycles. The molecule has 1 aromatic rings. The Morgan fingerprint density at radius 1 is 1.12 bits per heavy atom. The van der Waals surface area contributed by atoms with Gasteiger partial charge in [0.25, 0.3) is 0 Å². The third-order valence-electron chi connectivity index (χ3n) is 1.59. The number of ether oxygens (including phenoxy) is 2. The van der Waals surface area contributed by atoms with E-state index in [0.717, 1.165) is 0 Å². The van der Waals surface area contributed by atoms with Gasteiger partial charge in [0.1, 0.15) is 5.75 Å². The molecule has 0 radical (unpaired) electrons. The molecule has 0 heterocycles. The van der Waals surface area contributed by atoms with Crippen molar-refractivity contribution in [1.82, 2.24) is 0 Å². The molecule has 6 heteroatoms. The van der Waals surface area contributed by atoms with Crippen molar-refractivity contribution in [1.29, 1.82) is 0 Å². The lowest BCUT2D eigenvalue weighted by atomic mass is 10.3. The van der Waals surface area contributed by atoms with Crippen molar-refractivity contribution in [2.45, 2.75) is 13.3 Å². The number of para-hydroxylation sites is 1. The van der Waals surface area contributed by atoms with E-state index in [1.54, 1.807) is 30.3 Å². The first-order valence-corrected chi connectivity index (χ1v) is 5.07. The Hall–Kier alpha value is -2.24. The highest BCUT2D eigenvalue weighted by atomic mass is 16.6. The van der Waals surface area contributed by atoms with Gasteiger partial charge in [-0.3, -0.25) is 0 Å². The summed E-state index contributed by atoms with van der Waals surface area (Å²) >= 11 is 0. The quantitative estimate of drug-likeness (QED) is 0.755. The van der Waals surface area contributed by atoms with Gasteiger partial charge >= 0.3 is 12.2 Å². The van der Waals surface area contributed by atoms with Gasteiger partial charge in [0.15, 0.2) is 0 Å². The number of rotatable bonds is 3. The second-order valence-corrected chi connectivity index (χ2v) is 3.00. The summed E-state index contributed by atoms with van der Waals surface area (Å²) in [5.41, 5.74) is 0. The van der Waals surface area contributed by atoms with Crippen molar-refractivity contribution in [2.75, 3.05) is 6.61 Å². The molecule has 0 N–H and O–H groups in total. The average molecular weight is 236 g/mol. The maximum absolute atomic E-state index is 11.1. The van der Waals surface area contributed by atoms with E-state index in [0.29, 0.717) is 12.2 Å². The van der Waals surface area contributed by atoms with Gasteiger partial charge in [-0.05, 0) is 18.6 Å². The number of carbonyl (C=O) groups is 2. The van der Waals surface area contributed by atoms with Crippen LogP contribution in [-0.2, 0) is 4.74 Å². The van der Waals surface area contributed by atoms with Crippen LogP contribution in [0.15, 0.2) is 40.6 Å². The molecule has 0 saturated carbocycles. The molecule has 0 aliphatic heterocycles. The summed E-state index contributed by atoms with van der Waals surface area (Å²) in [6, 6.07) is 8.36. The van der Waals surface area contributed by atoms with E-state index >= 15 is 0 Å². The summed E-state index contributed by atoms with van der Waals surface area (Å²) in [5.74, 6) is 0.332. The van der Waals surface area contributed by atoms with Gasteiger partial charge in [0, 0.05) is 0 Å². The minimum Gasteiger partial charge on any atom is -0.447 e. The Morgan fingerprint density at radius 2 is 1.76 bits per heavy atom. The Labute approximate surface area is 98.3 Å². The number of carbonyl (C=O) groups excluding carboxylic acids is 2. The van der Waals surface area contributed by atoms with Crippen LogP contribution in [0.2, 0.25) is 0 Å². The fraction of sp³-hybridized carbons (Fsp3) is 0.273. The monoisotopic (exact) mass is 236 g/mol. The van der Waals surface area contributed by atoms with E-state index in [1.165, 1.54) is 0 Å². The summed E-state index contributed by atoms with van der Waals surface area (Å²) < 4.78 is 9.35. The Morgan fingerprint density at radius 3 is 2.41 bits per heavy atom. The highest BCUT2D eigenvalue weighted by molar-refractivity contribution is 5.74. The molecule has 0 saturated heterocycles. The van der Waals surface area contributed by atoms with Gasteiger partial charge in [-0.2, -0.15) is 0 Å². The zero-order valence-electron chi connectivity index (χ0n) is 9.33. The first kappa shape index (κ1) is 12.8. The number of azo groups is 1. The van der Waals surface area contributed by atoms with Crippen LogP contribution in [0.4, 0.5) is 9.59 Å². The number of benzene rings is 1. The van der Waals surface area contributed by atoms with Crippen LogP contribution in [-0.4, -0.2) is 18.8 Å². The summed E-state index contributed by atoms with van der Waals surface area (Å²) in [7, 11) is 0. The number of hydrogen-bond acceptors (Lipinski definition) is 4. The molecule has 0 spiro atoms. The normalized spacial score (nSPS) is 10.2. The van der Waals surface area contributed by atoms with Crippen LogP contribution >= 0.6 is 0 Å². The van der Waals surface area contributed by atoms with E-state index in [1.807, 2.05) is 6.92 Å². The third kappa shape index (κ3) is 5.41. The largest absolute Gasteiger partial charge is 0.458 e. The van der Waals surface area contributed by atoms with Crippen molar-refractivity contribution in [2.24, 2.45) is 10.2 Å². The van der Waals surface area contributed by atoms with Crippen molar-refractivity contribution >= 4 is 12.2 Å². The molecule has 0 aromatic heterocycles.